The second-order valence-electron chi connectivity index (χ2n) is 11.9. The summed E-state index contributed by atoms with van der Waals surface area (Å²) in [6.07, 6.45) is 0.963. The average Bonchev–Trinajstić information content (AvgIpc) is 3.71. The van der Waals surface area contributed by atoms with Gasteiger partial charge in [0.2, 0.25) is 17.7 Å². The molecular formula is C33H42ClN5O6. The number of rotatable bonds is 11. The van der Waals surface area contributed by atoms with Gasteiger partial charge in [-0.15, -0.1) is 0 Å². The van der Waals surface area contributed by atoms with Gasteiger partial charge in [-0.05, 0) is 49.9 Å². The Morgan fingerprint density at radius 2 is 1.82 bits per heavy atom. The predicted octanol–water partition coefficient (Wildman–Crippen LogP) is 2.34. The van der Waals surface area contributed by atoms with E-state index in [0.717, 1.165) is 11.1 Å². The molecule has 2 unspecified atom stereocenters. The van der Waals surface area contributed by atoms with Crippen LogP contribution < -0.4 is 11.1 Å². The largest absolute Gasteiger partial charge is 0.476 e. The highest BCUT2D eigenvalue weighted by atomic mass is 35.5. The second kappa shape index (κ2) is 14.7. The molecule has 0 aromatic heterocycles. The minimum atomic E-state index is -1.21. The summed E-state index contributed by atoms with van der Waals surface area (Å²) in [4.78, 5) is 49.4. The van der Waals surface area contributed by atoms with E-state index in [-0.39, 0.29) is 25.0 Å². The fourth-order valence-corrected chi connectivity index (χ4v) is 6.20. The lowest BCUT2D eigenvalue weighted by Gasteiger charge is -2.33. The van der Waals surface area contributed by atoms with Crippen molar-refractivity contribution in [3.63, 3.8) is 0 Å². The third-order valence-electron chi connectivity index (χ3n) is 8.49. The molecule has 5 rings (SSSR count). The van der Waals surface area contributed by atoms with Crippen molar-refractivity contribution in [1.29, 1.82) is 0 Å². The van der Waals surface area contributed by atoms with E-state index in [4.69, 9.17) is 36.5 Å². The van der Waals surface area contributed by atoms with E-state index < -0.39 is 35.7 Å². The van der Waals surface area contributed by atoms with Gasteiger partial charge in [0.15, 0.2) is 5.54 Å². The highest BCUT2D eigenvalue weighted by Crippen LogP contribution is 2.32. The van der Waals surface area contributed by atoms with Crippen LogP contribution in [0.3, 0.4) is 0 Å². The number of carbonyl (C=O) groups excluding carboxylic acids is 3. The Labute approximate surface area is 269 Å². The number of nitrogens with one attached hydrogen (secondary N) is 1. The molecule has 3 heterocycles. The van der Waals surface area contributed by atoms with Crippen molar-refractivity contribution in [3.8, 4) is 0 Å². The molecule has 2 aromatic rings. The topological polar surface area (TPSA) is 136 Å². The van der Waals surface area contributed by atoms with Crippen molar-refractivity contribution in [2.24, 2.45) is 10.7 Å². The minimum absolute atomic E-state index is 0.0466. The molecule has 2 aromatic carbocycles. The molecule has 0 saturated carbocycles. The number of likely N-dealkylation sites (tertiary alicyclic amines) is 1. The number of carbonyl (C=O) groups is 3. The summed E-state index contributed by atoms with van der Waals surface area (Å²) >= 11 is 6.29. The maximum atomic E-state index is 14.2. The van der Waals surface area contributed by atoms with Crippen molar-refractivity contribution < 1.29 is 28.6 Å². The van der Waals surface area contributed by atoms with Gasteiger partial charge in [0.25, 0.3) is 5.91 Å². The number of hydrogen-bond donors (Lipinski definition) is 2. The standard InChI is InChI=1S/C33H42ClN5O6/c1-22(35)29(40)36-28(23(2)44-20-24-8-4-3-5-9-24)31(41)39-13-7-12-27(39)30-37-33(21-45-30,19-25-10-6-11-26(34)18-25)32(42)38-14-16-43-17-15-38/h3-6,8-11,18,22-23,27-28H,7,12-17,19-21,35H2,1-2H3,(H,36,40)/t22-,23?,27?,28-,33+/m0/s1. The molecule has 3 N–H and O–H groups in total. The van der Waals surface area contributed by atoms with Gasteiger partial charge in [-0.3, -0.25) is 14.4 Å². The number of aliphatic imine (C=N–C) groups is 1. The lowest BCUT2D eigenvalue weighted by molar-refractivity contribution is -0.142. The van der Waals surface area contributed by atoms with E-state index in [2.05, 4.69) is 5.32 Å². The zero-order chi connectivity index (χ0) is 32.0. The summed E-state index contributed by atoms with van der Waals surface area (Å²) in [6, 6.07) is 14.7. The highest BCUT2D eigenvalue weighted by molar-refractivity contribution is 6.30. The van der Waals surface area contributed by atoms with Gasteiger partial charge in [0, 0.05) is 31.1 Å². The monoisotopic (exact) mass is 639 g/mol. The Morgan fingerprint density at radius 1 is 1.09 bits per heavy atom. The van der Waals surface area contributed by atoms with Gasteiger partial charge >= 0.3 is 0 Å². The molecule has 11 nitrogen and oxygen atoms in total. The van der Waals surface area contributed by atoms with Crippen LogP contribution in [0.25, 0.3) is 0 Å². The summed E-state index contributed by atoms with van der Waals surface area (Å²) in [5.41, 5.74) is 6.46. The second-order valence-corrected chi connectivity index (χ2v) is 12.4. The van der Waals surface area contributed by atoms with Crippen molar-refractivity contribution in [1.82, 2.24) is 15.1 Å². The maximum Gasteiger partial charge on any atom is 0.254 e. The van der Waals surface area contributed by atoms with E-state index in [1.807, 2.05) is 48.5 Å². The smallest absolute Gasteiger partial charge is 0.254 e. The van der Waals surface area contributed by atoms with Crippen LogP contribution in [-0.2, 0) is 41.6 Å². The number of benzene rings is 2. The molecule has 0 bridgehead atoms. The average molecular weight is 640 g/mol. The molecule has 12 heteroatoms. The van der Waals surface area contributed by atoms with Crippen molar-refractivity contribution in [2.75, 3.05) is 39.5 Å². The molecular weight excluding hydrogens is 598 g/mol. The highest BCUT2D eigenvalue weighted by Gasteiger charge is 2.50. The van der Waals surface area contributed by atoms with Crippen LogP contribution in [0.5, 0.6) is 0 Å². The van der Waals surface area contributed by atoms with Crippen LogP contribution in [0.15, 0.2) is 59.6 Å². The molecule has 3 aliphatic rings. The Bertz CT molecular complexity index is 1380. The maximum absolute atomic E-state index is 14.2. The lowest BCUT2D eigenvalue weighted by Crippen LogP contribution is -2.58. The Morgan fingerprint density at radius 3 is 2.53 bits per heavy atom. The third kappa shape index (κ3) is 7.84. The van der Waals surface area contributed by atoms with Gasteiger partial charge < -0.3 is 35.1 Å². The first-order chi connectivity index (χ1) is 21.7. The van der Waals surface area contributed by atoms with Crippen LogP contribution >= 0.6 is 11.6 Å². The number of ether oxygens (including phenoxy) is 3. The van der Waals surface area contributed by atoms with E-state index >= 15 is 0 Å². The SMILES string of the molecule is CC(OCc1ccccc1)[C@H](NC(=O)[C@H](C)N)C(=O)N1CCCC1C1=N[C@@](Cc2cccc(Cl)c2)(C(=O)N2CCOCC2)CO1. The molecule has 0 spiro atoms. The fourth-order valence-electron chi connectivity index (χ4n) is 5.99. The third-order valence-corrected chi connectivity index (χ3v) is 8.72. The molecule has 2 fully saturated rings. The van der Waals surface area contributed by atoms with Crippen LogP contribution in [-0.4, -0.2) is 103 Å². The molecule has 5 atom stereocenters. The minimum Gasteiger partial charge on any atom is -0.476 e. The number of amides is 3. The van der Waals surface area contributed by atoms with Crippen molar-refractivity contribution >= 4 is 35.2 Å². The molecule has 2 saturated heterocycles. The fraction of sp³-hybridized carbons (Fsp3) is 0.515. The van der Waals surface area contributed by atoms with Crippen LogP contribution in [0.2, 0.25) is 5.02 Å². The summed E-state index contributed by atoms with van der Waals surface area (Å²) in [5.74, 6) is -0.558. The molecule has 45 heavy (non-hydrogen) atoms. The summed E-state index contributed by atoms with van der Waals surface area (Å²) in [5, 5.41) is 3.38. The van der Waals surface area contributed by atoms with Gasteiger partial charge in [0.1, 0.15) is 18.7 Å². The number of hydrogen-bond acceptors (Lipinski definition) is 8. The normalized spacial score (nSPS) is 23.6. The number of nitrogens with zero attached hydrogens (tertiary/aromatic N) is 3. The lowest BCUT2D eigenvalue weighted by atomic mass is 9.90. The number of morpholine rings is 1. The molecule has 0 radical (unpaired) electrons. The van der Waals surface area contributed by atoms with Gasteiger partial charge in [-0.25, -0.2) is 4.99 Å². The molecule has 0 aliphatic carbocycles. The quantitative estimate of drug-likeness (QED) is 0.385. The first-order valence-corrected chi connectivity index (χ1v) is 15.9. The van der Waals surface area contributed by atoms with E-state index in [9.17, 15) is 14.4 Å². The number of nitrogens with two attached hydrogens (primary N) is 1. The summed E-state index contributed by atoms with van der Waals surface area (Å²) in [7, 11) is 0. The Kier molecular flexibility index (Phi) is 10.8. The van der Waals surface area contributed by atoms with Gasteiger partial charge in [-0.2, -0.15) is 0 Å². The van der Waals surface area contributed by atoms with E-state index in [1.54, 1.807) is 29.7 Å². The summed E-state index contributed by atoms with van der Waals surface area (Å²) in [6.45, 7) is 5.95. The van der Waals surface area contributed by atoms with Crippen LogP contribution in [0.1, 0.15) is 37.8 Å². The van der Waals surface area contributed by atoms with E-state index in [0.29, 0.717) is 63.0 Å². The van der Waals surface area contributed by atoms with Crippen LogP contribution in [0, 0.1) is 0 Å². The Hall–Kier alpha value is -3.51. The first-order valence-electron chi connectivity index (χ1n) is 15.5. The zero-order valence-electron chi connectivity index (χ0n) is 25.8. The Balaban J connectivity index is 1.39. The molecule has 3 aliphatic heterocycles. The molecule has 3 amide bonds. The summed E-state index contributed by atoms with van der Waals surface area (Å²) < 4.78 is 17.8. The van der Waals surface area contributed by atoms with Gasteiger partial charge in [0.05, 0.1) is 32.0 Å². The van der Waals surface area contributed by atoms with Crippen molar-refractivity contribution in [2.45, 2.75) is 69.5 Å². The van der Waals surface area contributed by atoms with E-state index in [1.165, 1.54) is 0 Å². The first kappa shape index (κ1) is 32.9. The van der Waals surface area contributed by atoms with Crippen LogP contribution in [0.4, 0.5) is 0 Å². The predicted molar refractivity (Wildman–Crippen MR) is 170 cm³/mol. The molecule has 242 valence electrons. The van der Waals surface area contributed by atoms with Crippen molar-refractivity contribution in [3.05, 3.63) is 70.7 Å². The van der Waals surface area contributed by atoms with Gasteiger partial charge in [-0.1, -0.05) is 54.1 Å². The zero-order valence-corrected chi connectivity index (χ0v) is 26.6. The number of halogens is 1.